The van der Waals surface area contributed by atoms with E-state index in [-0.39, 0.29) is 24.3 Å². The van der Waals surface area contributed by atoms with Crippen LogP contribution in [0.3, 0.4) is 0 Å². The third-order valence-electron chi connectivity index (χ3n) is 5.34. The van der Waals surface area contributed by atoms with E-state index in [2.05, 4.69) is 5.32 Å². The highest BCUT2D eigenvalue weighted by Gasteiger charge is 2.24. The van der Waals surface area contributed by atoms with Crippen LogP contribution in [0.4, 0.5) is 0 Å². The summed E-state index contributed by atoms with van der Waals surface area (Å²) in [5.41, 5.74) is 1.28. The van der Waals surface area contributed by atoms with Crippen LogP contribution in [0.15, 0.2) is 42.5 Å². The number of methoxy groups -OCH3 is 2. The Morgan fingerprint density at radius 2 is 1.72 bits per heavy atom. The first-order valence-electron chi connectivity index (χ1n) is 10.5. The lowest BCUT2D eigenvalue weighted by molar-refractivity contribution is -0.132. The average Bonchev–Trinajstić information content (AvgIpc) is 2.79. The zero-order valence-corrected chi connectivity index (χ0v) is 18.6. The lowest BCUT2D eigenvalue weighted by atomic mass is 10.0. The molecule has 0 radical (unpaired) electrons. The van der Waals surface area contributed by atoms with Gasteiger partial charge in [-0.05, 0) is 48.7 Å². The van der Waals surface area contributed by atoms with E-state index >= 15 is 0 Å². The van der Waals surface area contributed by atoms with Gasteiger partial charge in [-0.1, -0.05) is 12.1 Å². The molecular formula is C24H28N2O6. The molecule has 2 aromatic rings. The highest BCUT2D eigenvalue weighted by Crippen LogP contribution is 2.28. The van der Waals surface area contributed by atoms with Crippen molar-refractivity contribution in [1.29, 1.82) is 0 Å². The molecule has 0 atom stereocenters. The van der Waals surface area contributed by atoms with Gasteiger partial charge in [-0.25, -0.2) is 0 Å². The predicted octanol–water partition coefficient (Wildman–Crippen LogP) is 2.59. The molecule has 0 saturated carbocycles. The molecule has 1 aliphatic rings. The van der Waals surface area contributed by atoms with Crippen LogP contribution >= 0.6 is 0 Å². The number of piperidine rings is 1. The number of carbonyl (C=O) groups excluding carboxylic acids is 3. The van der Waals surface area contributed by atoms with Crippen LogP contribution < -0.4 is 19.5 Å². The maximum atomic E-state index is 12.7. The van der Waals surface area contributed by atoms with Crippen LogP contribution in [-0.4, -0.2) is 56.0 Å². The SMILES string of the molecule is COc1ccc(CC(=O)N2CCC(NC(=O)c3cccc(OC(C)=O)c3)CC2)cc1OC. The molecule has 3 rings (SSSR count). The Morgan fingerprint density at radius 3 is 2.38 bits per heavy atom. The van der Waals surface area contributed by atoms with E-state index in [4.69, 9.17) is 14.2 Å². The van der Waals surface area contributed by atoms with Crippen molar-refractivity contribution >= 4 is 17.8 Å². The number of hydrogen-bond acceptors (Lipinski definition) is 6. The lowest BCUT2D eigenvalue weighted by Gasteiger charge is -2.32. The Kier molecular flexibility index (Phi) is 7.70. The maximum Gasteiger partial charge on any atom is 0.308 e. The van der Waals surface area contributed by atoms with E-state index in [0.717, 1.165) is 5.56 Å². The summed E-state index contributed by atoms with van der Waals surface area (Å²) in [5, 5.41) is 3.00. The Hall–Kier alpha value is -3.55. The van der Waals surface area contributed by atoms with Gasteiger partial charge in [0.2, 0.25) is 5.91 Å². The summed E-state index contributed by atoms with van der Waals surface area (Å²) in [6, 6.07) is 11.9. The molecule has 0 unspecified atom stereocenters. The number of rotatable bonds is 7. The van der Waals surface area contributed by atoms with Gasteiger partial charge in [0.15, 0.2) is 11.5 Å². The van der Waals surface area contributed by atoms with E-state index in [1.807, 2.05) is 17.0 Å². The van der Waals surface area contributed by atoms with Crippen LogP contribution in [0.5, 0.6) is 17.2 Å². The number of benzene rings is 2. The predicted molar refractivity (Wildman–Crippen MR) is 118 cm³/mol. The zero-order valence-electron chi connectivity index (χ0n) is 18.6. The molecule has 8 nitrogen and oxygen atoms in total. The normalized spacial score (nSPS) is 13.9. The minimum atomic E-state index is -0.437. The Bertz CT molecular complexity index is 982. The van der Waals surface area contributed by atoms with Gasteiger partial charge in [0.25, 0.3) is 5.91 Å². The van der Waals surface area contributed by atoms with E-state index < -0.39 is 5.97 Å². The second kappa shape index (κ2) is 10.7. The van der Waals surface area contributed by atoms with Crippen molar-refractivity contribution in [3.8, 4) is 17.2 Å². The van der Waals surface area contributed by atoms with Crippen LogP contribution in [0.2, 0.25) is 0 Å². The first-order valence-corrected chi connectivity index (χ1v) is 10.5. The standard InChI is InChI=1S/C24H28N2O6/c1-16(27)32-20-6-4-5-18(15-20)24(29)25-19-9-11-26(12-10-19)23(28)14-17-7-8-21(30-2)22(13-17)31-3/h4-8,13,15,19H,9-12,14H2,1-3H3,(H,25,29). The third kappa shape index (κ3) is 6.00. The quantitative estimate of drug-likeness (QED) is 0.525. The van der Waals surface area contributed by atoms with E-state index in [1.54, 1.807) is 44.6 Å². The fourth-order valence-corrected chi connectivity index (χ4v) is 3.69. The van der Waals surface area contributed by atoms with E-state index in [1.165, 1.54) is 6.92 Å². The van der Waals surface area contributed by atoms with Crippen molar-refractivity contribution in [1.82, 2.24) is 10.2 Å². The summed E-state index contributed by atoms with van der Waals surface area (Å²) in [6.07, 6.45) is 1.63. The number of amides is 2. The molecule has 1 heterocycles. The Balaban J connectivity index is 1.51. The van der Waals surface area contributed by atoms with Gasteiger partial charge < -0.3 is 24.4 Å². The highest BCUT2D eigenvalue weighted by molar-refractivity contribution is 5.95. The summed E-state index contributed by atoms with van der Waals surface area (Å²) < 4.78 is 15.6. The summed E-state index contributed by atoms with van der Waals surface area (Å²) in [5.74, 6) is 0.925. The number of carbonyl (C=O) groups is 3. The first-order chi connectivity index (χ1) is 15.4. The van der Waals surface area contributed by atoms with Gasteiger partial charge in [-0.15, -0.1) is 0 Å². The second-order valence-corrected chi connectivity index (χ2v) is 7.62. The molecule has 8 heteroatoms. The number of hydrogen-bond donors (Lipinski definition) is 1. The number of nitrogens with zero attached hydrogens (tertiary/aromatic N) is 1. The molecule has 1 fully saturated rings. The molecule has 1 N–H and O–H groups in total. The molecule has 0 aromatic heterocycles. The van der Waals surface area contributed by atoms with Gasteiger partial charge in [0.05, 0.1) is 20.6 Å². The lowest BCUT2D eigenvalue weighted by Crippen LogP contribution is -2.47. The van der Waals surface area contributed by atoms with Gasteiger partial charge in [-0.2, -0.15) is 0 Å². The van der Waals surface area contributed by atoms with Gasteiger partial charge in [-0.3, -0.25) is 14.4 Å². The average molecular weight is 440 g/mol. The summed E-state index contributed by atoms with van der Waals surface area (Å²) >= 11 is 0. The fraction of sp³-hybridized carbons (Fsp3) is 0.375. The van der Waals surface area contributed by atoms with Crippen molar-refractivity contribution < 1.29 is 28.6 Å². The summed E-state index contributed by atoms with van der Waals surface area (Å²) in [4.78, 5) is 38.2. The third-order valence-corrected chi connectivity index (χ3v) is 5.34. The molecule has 0 bridgehead atoms. The van der Waals surface area contributed by atoms with Crippen LogP contribution in [0.25, 0.3) is 0 Å². The number of likely N-dealkylation sites (tertiary alicyclic amines) is 1. The van der Waals surface area contributed by atoms with Crippen molar-refractivity contribution in [2.24, 2.45) is 0 Å². The largest absolute Gasteiger partial charge is 0.493 e. The first kappa shape index (κ1) is 23.1. The maximum absolute atomic E-state index is 12.7. The molecular weight excluding hydrogens is 412 g/mol. The molecule has 1 saturated heterocycles. The fourth-order valence-electron chi connectivity index (χ4n) is 3.69. The number of nitrogens with one attached hydrogen (secondary N) is 1. The molecule has 2 aromatic carbocycles. The van der Waals surface area contributed by atoms with Crippen molar-refractivity contribution in [2.45, 2.75) is 32.2 Å². The van der Waals surface area contributed by atoms with Crippen LogP contribution in [0.1, 0.15) is 35.7 Å². The van der Waals surface area contributed by atoms with Gasteiger partial charge >= 0.3 is 5.97 Å². The minimum absolute atomic E-state index is 0.0231. The van der Waals surface area contributed by atoms with Crippen LogP contribution in [0, 0.1) is 0 Å². The number of ether oxygens (including phenoxy) is 3. The smallest absolute Gasteiger partial charge is 0.308 e. The van der Waals surface area contributed by atoms with E-state index in [0.29, 0.717) is 48.7 Å². The highest BCUT2D eigenvalue weighted by atomic mass is 16.5. The van der Waals surface area contributed by atoms with Gasteiger partial charge in [0, 0.05) is 31.6 Å². The van der Waals surface area contributed by atoms with Crippen molar-refractivity contribution in [3.63, 3.8) is 0 Å². The van der Waals surface area contributed by atoms with Crippen molar-refractivity contribution in [3.05, 3.63) is 53.6 Å². The zero-order chi connectivity index (χ0) is 23.1. The van der Waals surface area contributed by atoms with Crippen molar-refractivity contribution in [2.75, 3.05) is 27.3 Å². The Labute approximate surface area is 187 Å². The summed E-state index contributed by atoms with van der Waals surface area (Å²) in [7, 11) is 3.14. The minimum Gasteiger partial charge on any atom is -0.493 e. The molecule has 170 valence electrons. The van der Waals surface area contributed by atoms with E-state index in [9.17, 15) is 14.4 Å². The topological polar surface area (TPSA) is 94.2 Å². The number of esters is 1. The monoisotopic (exact) mass is 440 g/mol. The molecule has 0 spiro atoms. The molecule has 0 aliphatic carbocycles. The molecule has 1 aliphatic heterocycles. The molecule has 32 heavy (non-hydrogen) atoms. The van der Waals surface area contributed by atoms with Crippen LogP contribution in [-0.2, 0) is 16.0 Å². The second-order valence-electron chi connectivity index (χ2n) is 7.62. The Morgan fingerprint density at radius 1 is 1.00 bits per heavy atom. The van der Waals surface area contributed by atoms with Gasteiger partial charge in [0.1, 0.15) is 5.75 Å². The summed E-state index contributed by atoms with van der Waals surface area (Å²) in [6.45, 7) is 2.46. The molecule has 2 amide bonds.